The summed E-state index contributed by atoms with van der Waals surface area (Å²) in [5.41, 5.74) is 8.38. The minimum absolute atomic E-state index is 0.625. The average molecular weight is 627 g/mol. The fourth-order valence-electron chi connectivity index (χ4n) is 6.97. The van der Waals surface area contributed by atoms with Crippen LogP contribution in [0.25, 0.3) is 99.8 Å². The van der Waals surface area contributed by atoms with Crippen molar-refractivity contribution in [1.29, 1.82) is 0 Å². The van der Waals surface area contributed by atoms with E-state index in [0.717, 1.165) is 76.9 Å². The first kappa shape index (κ1) is 27.4. The van der Waals surface area contributed by atoms with E-state index in [1.54, 1.807) is 0 Å². The van der Waals surface area contributed by atoms with Crippen molar-refractivity contribution >= 4 is 54.5 Å². The van der Waals surface area contributed by atoms with Crippen LogP contribution in [0, 0.1) is 0 Å². The quantitative estimate of drug-likeness (QED) is 0.194. The van der Waals surface area contributed by atoms with Gasteiger partial charge in [0, 0.05) is 22.1 Å². The van der Waals surface area contributed by atoms with Crippen LogP contribution in [-0.4, -0.2) is 19.9 Å². The molecule has 0 unspecified atom stereocenters. The molecule has 0 radical (unpaired) electrons. The van der Waals surface area contributed by atoms with Gasteiger partial charge in [0.1, 0.15) is 11.1 Å². The van der Waals surface area contributed by atoms with Gasteiger partial charge in [-0.05, 0) is 56.9 Å². The number of para-hydroxylation sites is 1. The molecule has 0 saturated heterocycles. The maximum atomic E-state index is 6.38. The Labute approximate surface area is 281 Å². The van der Waals surface area contributed by atoms with Gasteiger partial charge in [0.2, 0.25) is 0 Å². The SMILES string of the molecule is c1ccc(-c2nc(-c3ccc4ccccc4c3)nc(-c3cccc4c(-c5cccc6oc7cc8ccccc8nc7c56)cccc34)n2)cc1. The summed E-state index contributed by atoms with van der Waals surface area (Å²) in [7, 11) is 0. The summed E-state index contributed by atoms with van der Waals surface area (Å²) in [5, 5.41) is 6.53. The number of furan rings is 1. The summed E-state index contributed by atoms with van der Waals surface area (Å²) in [4.78, 5) is 20.3. The van der Waals surface area contributed by atoms with Crippen LogP contribution in [0.15, 0.2) is 162 Å². The third kappa shape index (κ3) is 4.55. The van der Waals surface area contributed by atoms with E-state index < -0.39 is 0 Å². The fraction of sp³-hybridized carbons (Fsp3) is 0. The van der Waals surface area contributed by atoms with Gasteiger partial charge in [-0.25, -0.2) is 19.9 Å². The molecule has 0 N–H and O–H groups in total. The Bertz CT molecular complexity index is 2890. The van der Waals surface area contributed by atoms with Crippen molar-refractivity contribution in [3.63, 3.8) is 0 Å². The molecule has 5 heteroatoms. The Morgan fingerprint density at radius 3 is 1.88 bits per heavy atom. The summed E-state index contributed by atoms with van der Waals surface area (Å²) in [5.74, 6) is 1.89. The van der Waals surface area contributed by atoms with Crippen LogP contribution < -0.4 is 0 Å². The van der Waals surface area contributed by atoms with Gasteiger partial charge < -0.3 is 4.42 Å². The molecule has 0 aliphatic carbocycles. The first-order chi connectivity index (χ1) is 24.3. The minimum atomic E-state index is 0.625. The smallest absolute Gasteiger partial charge is 0.164 e. The van der Waals surface area contributed by atoms with Gasteiger partial charge in [0.05, 0.1) is 10.9 Å². The van der Waals surface area contributed by atoms with Crippen molar-refractivity contribution in [3.8, 4) is 45.3 Å². The maximum Gasteiger partial charge on any atom is 0.164 e. The number of fused-ring (bicyclic) bond motifs is 6. The highest BCUT2D eigenvalue weighted by Crippen LogP contribution is 2.41. The average Bonchev–Trinajstić information content (AvgIpc) is 3.54. The van der Waals surface area contributed by atoms with Crippen LogP contribution in [0.5, 0.6) is 0 Å². The zero-order valence-corrected chi connectivity index (χ0v) is 26.2. The van der Waals surface area contributed by atoms with E-state index in [1.807, 2.05) is 54.6 Å². The molecule has 7 aromatic carbocycles. The molecular formula is C44H26N4O. The third-order valence-corrected chi connectivity index (χ3v) is 9.30. The van der Waals surface area contributed by atoms with Gasteiger partial charge in [0.15, 0.2) is 23.1 Å². The topological polar surface area (TPSA) is 64.7 Å². The van der Waals surface area contributed by atoms with E-state index in [4.69, 9.17) is 24.4 Å². The van der Waals surface area contributed by atoms with Crippen LogP contribution in [-0.2, 0) is 0 Å². The summed E-state index contributed by atoms with van der Waals surface area (Å²) < 4.78 is 6.38. The zero-order chi connectivity index (χ0) is 32.3. The van der Waals surface area contributed by atoms with Crippen LogP contribution in [0.1, 0.15) is 0 Å². The number of rotatable bonds is 4. The van der Waals surface area contributed by atoms with Gasteiger partial charge in [-0.2, -0.15) is 0 Å². The van der Waals surface area contributed by atoms with Crippen molar-refractivity contribution in [2.24, 2.45) is 0 Å². The van der Waals surface area contributed by atoms with E-state index in [-0.39, 0.29) is 0 Å². The van der Waals surface area contributed by atoms with Crippen molar-refractivity contribution in [2.45, 2.75) is 0 Å². The first-order valence-electron chi connectivity index (χ1n) is 16.3. The molecule has 0 atom stereocenters. The summed E-state index contributed by atoms with van der Waals surface area (Å²) in [6, 6.07) is 54.1. The largest absolute Gasteiger partial charge is 0.454 e. The number of hydrogen-bond acceptors (Lipinski definition) is 5. The third-order valence-electron chi connectivity index (χ3n) is 9.30. The van der Waals surface area contributed by atoms with Crippen molar-refractivity contribution in [3.05, 3.63) is 158 Å². The first-order valence-corrected chi connectivity index (χ1v) is 16.3. The van der Waals surface area contributed by atoms with E-state index in [2.05, 4.69) is 103 Å². The van der Waals surface area contributed by atoms with Crippen LogP contribution in [0.4, 0.5) is 0 Å². The Morgan fingerprint density at radius 2 is 1.02 bits per heavy atom. The molecule has 0 aliphatic heterocycles. The summed E-state index contributed by atoms with van der Waals surface area (Å²) in [6.45, 7) is 0. The molecule has 3 aromatic heterocycles. The van der Waals surface area contributed by atoms with Crippen LogP contribution >= 0.6 is 0 Å². The Balaban J connectivity index is 1.19. The lowest BCUT2D eigenvalue weighted by Gasteiger charge is -2.13. The molecular weight excluding hydrogens is 601 g/mol. The number of benzene rings is 7. The van der Waals surface area contributed by atoms with Gasteiger partial charge in [-0.15, -0.1) is 0 Å². The van der Waals surface area contributed by atoms with Gasteiger partial charge >= 0.3 is 0 Å². The lowest BCUT2D eigenvalue weighted by Crippen LogP contribution is -2.00. The second-order valence-electron chi connectivity index (χ2n) is 12.2. The molecule has 0 fully saturated rings. The molecule has 49 heavy (non-hydrogen) atoms. The molecule has 5 nitrogen and oxygen atoms in total. The number of hydrogen-bond donors (Lipinski definition) is 0. The molecule has 10 rings (SSSR count). The highest BCUT2D eigenvalue weighted by atomic mass is 16.3. The van der Waals surface area contributed by atoms with E-state index >= 15 is 0 Å². The predicted molar refractivity (Wildman–Crippen MR) is 199 cm³/mol. The van der Waals surface area contributed by atoms with Crippen LogP contribution in [0.3, 0.4) is 0 Å². The summed E-state index contributed by atoms with van der Waals surface area (Å²) in [6.07, 6.45) is 0. The highest BCUT2D eigenvalue weighted by Gasteiger charge is 2.19. The Morgan fingerprint density at radius 1 is 0.367 bits per heavy atom. The van der Waals surface area contributed by atoms with Crippen LogP contribution in [0.2, 0.25) is 0 Å². The van der Waals surface area contributed by atoms with Crippen molar-refractivity contribution in [2.75, 3.05) is 0 Å². The second kappa shape index (κ2) is 10.9. The van der Waals surface area contributed by atoms with Gasteiger partial charge in [0.25, 0.3) is 0 Å². The van der Waals surface area contributed by atoms with Crippen molar-refractivity contribution in [1.82, 2.24) is 19.9 Å². The molecule has 10 aromatic rings. The second-order valence-corrected chi connectivity index (χ2v) is 12.2. The van der Waals surface area contributed by atoms with E-state index in [9.17, 15) is 0 Å². The zero-order valence-electron chi connectivity index (χ0n) is 26.2. The number of pyridine rings is 1. The normalized spacial score (nSPS) is 11.7. The molecule has 0 bridgehead atoms. The standard InChI is InChI=1S/C44H26N4O/c1-2-12-28(13-3-1)42-46-43(31-24-23-27-11-4-5-14-29(27)25-31)48-44(47-42)36-20-9-16-32-33(17-8-18-34(32)36)35-19-10-22-38-40(35)41-39(49-38)26-30-15-6-7-21-37(30)45-41/h1-26H. The van der Waals surface area contributed by atoms with E-state index in [0.29, 0.717) is 17.5 Å². The molecule has 0 amide bonds. The van der Waals surface area contributed by atoms with Gasteiger partial charge in [-0.1, -0.05) is 133 Å². The monoisotopic (exact) mass is 626 g/mol. The number of aromatic nitrogens is 4. The number of nitrogens with zero attached hydrogens (tertiary/aromatic N) is 4. The highest BCUT2D eigenvalue weighted by molar-refractivity contribution is 6.16. The Hall–Kier alpha value is -6.72. The summed E-state index contributed by atoms with van der Waals surface area (Å²) >= 11 is 0. The Kier molecular flexibility index (Phi) is 6.11. The van der Waals surface area contributed by atoms with E-state index in [1.165, 1.54) is 5.39 Å². The maximum absolute atomic E-state index is 6.38. The fourth-order valence-corrected chi connectivity index (χ4v) is 6.97. The molecule has 0 spiro atoms. The molecule has 0 aliphatic rings. The van der Waals surface area contributed by atoms with Gasteiger partial charge in [-0.3, -0.25) is 0 Å². The minimum Gasteiger partial charge on any atom is -0.454 e. The lowest BCUT2D eigenvalue weighted by atomic mass is 9.93. The molecule has 0 saturated carbocycles. The lowest BCUT2D eigenvalue weighted by molar-refractivity contribution is 0.669. The van der Waals surface area contributed by atoms with Crippen molar-refractivity contribution < 1.29 is 4.42 Å². The predicted octanol–water partition coefficient (Wildman–Crippen LogP) is 11.3. The molecule has 228 valence electrons. The molecule has 3 heterocycles.